The summed E-state index contributed by atoms with van der Waals surface area (Å²) in [6, 6.07) is 4.27. The minimum atomic E-state index is -0.507. The molecule has 0 bridgehead atoms. The number of non-ortho nitro benzene ring substituents is 1. The van der Waals surface area contributed by atoms with Crippen molar-refractivity contribution in [2.24, 2.45) is 0 Å². The first-order valence-electron chi connectivity index (χ1n) is 5.74. The molecule has 1 aromatic rings. The molecule has 0 saturated carbocycles. The number of nitro benzene ring substituents is 1. The highest BCUT2D eigenvalue weighted by Crippen LogP contribution is 2.20. The van der Waals surface area contributed by atoms with Crippen molar-refractivity contribution in [2.45, 2.75) is 6.92 Å². The normalized spacial score (nSPS) is 10.3. The molecule has 0 spiro atoms. The molecule has 0 radical (unpaired) electrons. The van der Waals surface area contributed by atoms with Gasteiger partial charge in [-0.15, -0.1) is 0 Å². The third-order valence-electron chi connectivity index (χ3n) is 2.51. The number of hydrogen-bond donors (Lipinski definition) is 0. The smallest absolute Gasteiger partial charge is 0.270 e. The zero-order valence-corrected chi connectivity index (χ0v) is 12.9. The minimum absolute atomic E-state index is 0.0815. The number of amides is 1. The van der Waals surface area contributed by atoms with Gasteiger partial charge in [0.1, 0.15) is 0 Å². The highest BCUT2D eigenvalue weighted by Gasteiger charge is 2.18. The van der Waals surface area contributed by atoms with Crippen molar-refractivity contribution >= 4 is 34.2 Å². The van der Waals surface area contributed by atoms with Gasteiger partial charge in [0, 0.05) is 35.9 Å². The van der Waals surface area contributed by atoms with E-state index in [0.717, 1.165) is 0 Å². The van der Waals surface area contributed by atoms with Gasteiger partial charge in [0.15, 0.2) is 0 Å². The Morgan fingerprint density at radius 2 is 2.21 bits per heavy atom. The molecular formula is C12H15IN2O4. The van der Waals surface area contributed by atoms with Gasteiger partial charge >= 0.3 is 0 Å². The predicted molar refractivity (Wildman–Crippen MR) is 79.3 cm³/mol. The maximum atomic E-state index is 12.2. The van der Waals surface area contributed by atoms with Gasteiger partial charge in [-0.05, 0) is 35.6 Å². The van der Waals surface area contributed by atoms with E-state index in [9.17, 15) is 14.9 Å². The fourth-order valence-corrected chi connectivity index (χ4v) is 2.01. The molecule has 0 saturated heterocycles. The lowest BCUT2D eigenvalue weighted by Gasteiger charge is -2.17. The van der Waals surface area contributed by atoms with E-state index in [0.29, 0.717) is 28.9 Å². The summed E-state index contributed by atoms with van der Waals surface area (Å²) < 4.78 is 5.87. The Balaban J connectivity index is 2.86. The van der Waals surface area contributed by atoms with E-state index >= 15 is 0 Å². The average molecular weight is 378 g/mol. The Morgan fingerprint density at radius 1 is 1.53 bits per heavy atom. The Labute approximate surface area is 125 Å². The van der Waals surface area contributed by atoms with Gasteiger partial charge in [-0.2, -0.15) is 0 Å². The summed E-state index contributed by atoms with van der Waals surface area (Å²) in [6.07, 6.45) is 0. The van der Waals surface area contributed by atoms with Gasteiger partial charge in [-0.3, -0.25) is 14.9 Å². The molecule has 6 nitrogen and oxygen atoms in total. The first-order chi connectivity index (χ1) is 8.97. The van der Waals surface area contributed by atoms with E-state index in [1.54, 1.807) is 13.1 Å². The van der Waals surface area contributed by atoms with E-state index < -0.39 is 4.92 Å². The first kappa shape index (κ1) is 15.8. The monoisotopic (exact) mass is 378 g/mol. The van der Waals surface area contributed by atoms with Gasteiger partial charge < -0.3 is 9.64 Å². The third kappa shape index (κ3) is 4.43. The van der Waals surface area contributed by atoms with Crippen molar-refractivity contribution in [1.29, 1.82) is 0 Å². The second-order valence-corrected chi connectivity index (χ2v) is 5.01. The molecule has 1 aromatic carbocycles. The fourth-order valence-electron chi connectivity index (χ4n) is 1.44. The number of rotatable bonds is 6. The molecule has 7 heteroatoms. The number of likely N-dealkylation sites (N-methyl/N-ethyl adjacent to an activating group) is 1. The summed E-state index contributed by atoms with van der Waals surface area (Å²) in [5.74, 6) is -0.243. The molecule has 0 atom stereocenters. The number of ether oxygens (including phenoxy) is 1. The molecular weight excluding hydrogens is 363 g/mol. The Morgan fingerprint density at radius 3 is 2.79 bits per heavy atom. The molecule has 0 unspecified atom stereocenters. The predicted octanol–water partition coefficient (Wildman–Crippen LogP) is 2.31. The summed E-state index contributed by atoms with van der Waals surface area (Å²) in [7, 11) is 1.65. The molecule has 0 aliphatic heterocycles. The van der Waals surface area contributed by atoms with Gasteiger partial charge in [0.05, 0.1) is 17.1 Å². The summed E-state index contributed by atoms with van der Waals surface area (Å²) in [5.41, 5.74) is 0.260. The van der Waals surface area contributed by atoms with Crippen LogP contribution in [0.4, 0.5) is 5.69 Å². The van der Waals surface area contributed by atoms with E-state index in [4.69, 9.17) is 4.74 Å². The zero-order chi connectivity index (χ0) is 14.4. The van der Waals surface area contributed by atoms with Gasteiger partial charge in [-0.1, -0.05) is 0 Å². The maximum absolute atomic E-state index is 12.2. The van der Waals surface area contributed by atoms with Crippen molar-refractivity contribution in [3.8, 4) is 0 Å². The second kappa shape index (κ2) is 7.39. The van der Waals surface area contributed by atoms with Crippen molar-refractivity contribution < 1.29 is 14.5 Å². The Bertz CT molecular complexity index is 479. The number of hydrogen-bond acceptors (Lipinski definition) is 4. The SMILES string of the molecule is CCOCCN(C)C(=O)c1cc([N+](=O)[O-])ccc1I. The van der Waals surface area contributed by atoms with Gasteiger partial charge in [0.25, 0.3) is 11.6 Å². The lowest BCUT2D eigenvalue weighted by atomic mass is 10.2. The van der Waals surface area contributed by atoms with E-state index in [2.05, 4.69) is 0 Å². The molecule has 0 aliphatic carbocycles. The Hall–Kier alpha value is -1.22. The zero-order valence-electron chi connectivity index (χ0n) is 10.8. The number of nitrogens with zero attached hydrogens (tertiary/aromatic N) is 2. The minimum Gasteiger partial charge on any atom is -0.380 e. The first-order valence-corrected chi connectivity index (χ1v) is 6.82. The van der Waals surface area contributed by atoms with Crippen molar-refractivity contribution in [3.05, 3.63) is 37.4 Å². The van der Waals surface area contributed by atoms with Crippen LogP contribution in [0.3, 0.4) is 0 Å². The van der Waals surface area contributed by atoms with Crippen LogP contribution in [0, 0.1) is 13.7 Å². The molecule has 0 N–H and O–H groups in total. The lowest BCUT2D eigenvalue weighted by molar-refractivity contribution is -0.384. The van der Waals surface area contributed by atoms with Crippen LogP contribution in [-0.4, -0.2) is 42.5 Å². The molecule has 1 rings (SSSR count). The molecule has 0 heterocycles. The van der Waals surface area contributed by atoms with Gasteiger partial charge in [-0.25, -0.2) is 0 Å². The standard InChI is InChI=1S/C12H15IN2O4/c1-3-19-7-6-14(2)12(16)10-8-9(15(17)18)4-5-11(10)13/h4-5,8H,3,6-7H2,1-2H3. The highest BCUT2D eigenvalue weighted by atomic mass is 127. The molecule has 1 amide bonds. The topological polar surface area (TPSA) is 72.7 Å². The average Bonchev–Trinajstić information content (AvgIpc) is 2.38. The van der Waals surface area contributed by atoms with E-state index in [1.807, 2.05) is 29.5 Å². The van der Waals surface area contributed by atoms with Crippen LogP contribution in [0.15, 0.2) is 18.2 Å². The summed E-state index contributed by atoms with van der Waals surface area (Å²) in [5, 5.41) is 10.7. The van der Waals surface area contributed by atoms with Crippen molar-refractivity contribution in [1.82, 2.24) is 4.90 Å². The second-order valence-electron chi connectivity index (χ2n) is 3.84. The maximum Gasteiger partial charge on any atom is 0.270 e. The molecule has 0 fully saturated rings. The van der Waals surface area contributed by atoms with Crippen LogP contribution >= 0.6 is 22.6 Å². The number of carbonyl (C=O) groups is 1. The van der Waals surface area contributed by atoms with E-state index in [1.165, 1.54) is 17.0 Å². The van der Waals surface area contributed by atoms with Crippen molar-refractivity contribution in [2.75, 3.05) is 26.8 Å². The Kier molecular flexibility index (Phi) is 6.16. The number of carbonyl (C=O) groups excluding carboxylic acids is 1. The van der Waals surface area contributed by atoms with Crippen LogP contribution in [-0.2, 0) is 4.74 Å². The van der Waals surface area contributed by atoms with Crippen LogP contribution < -0.4 is 0 Å². The number of benzene rings is 1. The largest absolute Gasteiger partial charge is 0.380 e. The summed E-state index contributed by atoms with van der Waals surface area (Å²) in [6.45, 7) is 3.37. The van der Waals surface area contributed by atoms with Gasteiger partial charge in [0.2, 0.25) is 0 Å². The highest BCUT2D eigenvalue weighted by molar-refractivity contribution is 14.1. The molecule has 0 aromatic heterocycles. The molecule has 104 valence electrons. The van der Waals surface area contributed by atoms with Crippen LogP contribution in [0.2, 0.25) is 0 Å². The number of halogens is 1. The fraction of sp³-hybridized carbons (Fsp3) is 0.417. The summed E-state index contributed by atoms with van der Waals surface area (Å²) >= 11 is 1.99. The molecule has 0 aliphatic rings. The third-order valence-corrected chi connectivity index (χ3v) is 3.45. The summed E-state index contributed by atoms with van der Waals surface area (Å²) in [4.78, 5) is 23.9. The number of nitro groups is 1. The van der Waals surface area contributed by atoms with Crippen LogP contribution in [0.1, 0.15) is 17.3 Å². The quantitative estimate of drug-likeness (QED) is 0.330. The van der Waals surface area contributed by atoms with Crippen LogP contribution in [0.25, 0.3) is 0 Å². The van der Waals surface area contributed by atoms with Crippen molar-refractivity contribution in [3.63, 3.8) is 0 Å². The lowest BCUT2D eigenvalue weighted by Crippen LogP contribution is -2.30. The van der Waals surface area contributed by atoms with E-state index in [-0.39, 0.29) is 11.6 Å². The van der Waals surface area contributed by atoms with Crippen LogP contribution in [0.5, 0.6) is 0 Å². The molecule has 19 heavy (non-hydrogen) atoms.